The summed E-state index contributed by atoms with van der Waals surface area (Å²) in [6.45, 7) is 1.72. The van der Waals surface area contributed by atoms with Gasteiger partial charge in [-0.1, -0.05) is 29.4 Å². The normalized spacial score (nSPS) is 16.8. The van der Waals surface area contributed by atoms with Gasteiger partial charge in [-0.3, -0.25) is 0 Å². The second-order valence-electron chi connectivity index (χ2n) is 4.97. The quantitative estimate of drug-likeness (QED) is 0.895. The molecule has 1 aliphatic rings. The Balaban J connectivity index is 1.76. The van der Waals surface area contributed by atoms with Gasteiger partial charge < -0.3 is 9.63 Å². The summed E-state index contributed by atoms with van der Waals surface area (Å²) < 4.78 is 5.17. The van der Waals surface area contributed by atoms with Crippen molar-refractivity contribution in [2.24, 2.45) is 0 Å². The lowest BCUT2D eigenvalue weighted by atomic mass is 10.1. The van der Waals surface area contributed by atoms with Crippen LogP contribution in [0.3, 0.4) is 0 Å². The van der Waals surface area contributed by atoms with Gasteiger partial charge in [-0.2, -0.15) is 4.98 Å². The molecule has 0 aliphatic heterocycles. The minimum atomic E-state index is -0.445. The van der Waals surface area contributed by atoms with Gasteiger partial charge in [0.2, 0.25) is 5.89 Å². The third-order valence-electron chi connectivity index (χ3n) is 3.37. The summed E-state index contributed by atoms with van der Waals surface area (Å²) in [5.41, 5.74) is 2.76. The van der Waals surface area contributed by atoms with Crippen LogP contribution in [0.2, 0.25) is 0 Å². The van der Waals surface area contributed by atoms with Gasteiger partial charge in [-0.15, -0.1) is 0 Å². The topological polar surface area (TPSA) is 59.2 Å². The van der Waals surface area contributed by atoms with E-state index in [4.69, 9.17) is 4.52 Å². The monoisotopic (exact) mass is 244 g/mol. The van der Waals surface area contributed by atoms with Crippen LogP contribution < -0.4 is 0 Å². The molecular formula is C14H16N2O2. The lowest BCUT2D eigenvalue weighted by Gasteiger charge is -2.00. The fourth-order valence-corrected chi connectivity index (χ4v) is 2.51. The minimum Gasteiger partial charge on any atom is -0.393 e. The van der Waals surface area contributed by atoms with Crippen LogP contribution in [-0.4, -0.2) is 21.4 Å². The second kappa shape index (κ2) is 4.53. The summed E-state index contributed by atoms with van der Waals surface area (Å²) in [5, 5.41) is 13.3. The number of hydrogen-bond acceptors (Lipinski definition) is 4. The molecule has 0 amide bonds. The molecule has 1 aromatic heterocycles. The fraction of sp³-hybridized carbons (Fsp3) is 0.429. The van der Waals surface area contributed by atoms with E-state index in [2.05, 4.69) is 34.4 Å². The van der Waals surface area contributed by atoms with Crippen LogP contribution in [0.15, 0.2) is 28.8 Å². The maximum atomic E-state index is 9.29. The molecule has 18 heavy (non-hydrogen) atoms. The average Bonchev–Trinajstić information content (AvgIpc) is 2.93. The number of hydrogen-bond donors (Lipinski definition) is 1. The Kier molecular flexibility index (Phi) is 2.88. The first-order valence-electron chi connectivity index (χ1n) is 6.29. The maximum Gasteiger partial charge on any atom is 0.229 e. The number of nitrogens with zero attached hydrogens (tertiary/aromatic N) is 2. The Morgan fingerprint density at radius 3 is 2.61 bits per heavy atom. The minimum absolute atomic E-state index is 0.314. The SMILES string of the molecule is CC(O)Cc1nc(C2Cc3ccccc3C2)no1. The van der Waals surface area contributed by atoms with Crippen LogP contribution in [-0.2, 0) is 19.3 Å². The highest BCUT2D eigenvalue weighted by Gasteiger charge is 2.26. The van der Waals surface area contributed by atoms with Crippen molar-refractivity contribution in [3.63, 3.8) is 0 Å². The Morgan fingerprint density at radius 2 is 2.00 bits per heavy atom. The summed E-state index contributed by atoms with van der Waals surface area (Å²) in [6, 6.07) is 8.45. The van der Waals surface area contributed by atoms with Crippen LogP contribution in [0.25, 0.3) is 0 Å². The van der Waals surface area contributed by atoms with Crippen LogP contribution >= 0.6 is 0 Å². The van der Waals surface area contributed by atoms with Crippen LogP contribution in [0.1, 0.15) is 35.7 Å². The van der Waals surface area contributed by atoms with E-state index in [9.17, 15) is 5.11 Å². The highest BCUT2D eigenvalue weighted by atomic mass is 16.5. The zero-order valence-corrected chi connectivity index (χ0v) is 10.3. The van der Waals surface area contributed by atoms with E-state index in [0.29, 0.717) is 18.2 Å². The van der Waals surface area contributed by atoms with Crippen molar-refractivity contribution in [2.45, 2.75) is 38.2 Å². The average molecular weight is 244 g/mol. The van der Waals surface area contributed by atoms with Gasteiger partial charge in [0, 0.05) is 5.92 Å². The van der Waals surface area contributed by atoms with E-state index in [1.54, 1.807) is 6.92 Å². The Labute approximate surface area is 106 Å². The molecule has 1 aromatic carbocycles. The molecule has 1 atom stereocenters. The molecule has 0 saturated heterocycles. The Morgan fingerprint density at radius 1 is 1.33 bits per heavy atom. The molecule has 94 valence electrons. The first-order chi connectivity index (χ1) is 8.72. The van der Waals surface area contributed by atoms with Gasteiger partial charge in [-0.05, 0) is 30.9 Å². The van der Waals surface area contributed by atoms with Crippen LogP contribution in [0, 0.1) is 0 Å². The van der Waals surface area contributed by atoms with Crippen molar-refractivity contribution in [3.8, 4) is 0 Å². The van der Waals surface area contributed by atoms with Gasteiger partial charge in [0.1, 0.15) is 0 Å². The van der Waals surface area contributed by atoms with Gasteiger partial charge in [0.05, 0.1) is 12.5 Å². The summed E-state index contributed by atoms with van der Waals surface area (Å²) in [6.07, 6.45) is 1.93. The van der Waals surface area contributed by atoms with E-state index in [1.807, 2.05) is 0 Å². The summed E-state index contributed by atoms with van der Waals surface area (Å²) in [5.74, 6) is 1.60. The van der Waals surface area contributed by atoms with Crippen molar-refractivity contribution in [2.75, 3.05) is 0 Å². The zero-order valence-electron chi connectivity index (χ0n) is 10.3. The molecule has 1 unspecified atom stereocenters. The lowest BCUT2D eigenvalue weighted by molar-refractivity contribution is 0.181. The molecule has 1 N–H and O–H groups in total. The molecule has 0 bridgehead atoms. The van der Waals surface area contributed by atoms with Crippen molar-refractivity contribution in [1.82, 2.24) is 10.1 Å². The summed E-state index contributed by atoms with van der Waals surface area (Å²) >= 11 is 0. The molecule has 2 aromatic rings. The zero-order chi connectivity index (χ0) is 12.5. The van der Waals surface area contributed by atoms with Crippen molar-refractivity contribution < 1.29 is 9.63 Å². The number of fused-ring (bicyclic) bond motifs is 1. The summed E-state index contributed by atoms with van der Waals surface area (Å²) in [7, 11) is 0. The summed E-state index contributed by atoms with van der Waals surface area (Å²) in [4.78, 5) is 4.38. The van der Waals surface area contributed by atoms with Crippen LogP contribution in [0.4, 0.5) is 0 Å². The van der Waals surface area contributed by atoms with Crippen molar-refractivity contribution >= 4 is 0 Å². The van der Waals surface area contributed by atoms with Crippen molar-refractivity contribution in [1.29, 1.82) is 0 Å². The van der Waals surface area contributed by atoms with Gasteiger partial charge in [0.15, 0.2) is 5.82 Å². The number of aromatic nitrogens is 2. The van der Waals surface area contributed by atoms with E-state index >= 15 is 0 Å². The van der Waals surface area contributed by atoms with E-state index in [0.717, 1.165) is 18.7 Å². The molecule has 0 saturated carbocycles. The molecule has 1 aliphatic carbocycles. The van der Waals surface area contributed by atoms with Crippen molar-refractivity contribution in [3.05, 3.63) is 47.1 Å². The third kappa shape index (κ3) is 2.16. The number of aliphatic hydroxyl groups excluding tert-OH is 1. The number of benzene rings is 1. The van der Waals surface area contributed by atoms with Gasteiger partial charge in [-0.25, -0.2) is 0 Å². The largest absolute Gasteiger partial charge is 0.393 e. The molecule has 0 radical (unpaired) electrons. The maximum absolute atomic E-state index is 9.29. The number of rotatable bonds is 3. The molecular weight excluding hydrogens is 228 g/mol. The molecule has 1 heterocycles. The first kappa shape index (κ1) is 11.4. The molecule has 0 spiro atoms. The predicted octanol–water partition coefficient (Wildman–Crippen LogP) is 1.88. The van der Waals surface area contributed by atoms with Gasteiger partial charge >= 0.3 is 0 Å². The highest BCUT2D eigenvalue weighted by molar-refractivity contribution is 5.34. The van der Waals surface area contributed by atoms with Gasteiger partial charge in [0.25, 0.3) is 0 Å². The Bertz CT molecular complexity index is 523. The third-order valence-corrected chi connectivity index (χ3v) is 3.37. The lowest BCUT2D eigenvalue weighted by Crippen LogP contribution is -2.05. The Hall–Kier alpha value is -1.68. The van der Waals surface area contributed by atoms with E-state index < -0.39 is 6.10 Å². The van der Waals surface area contributed by atoms with E-state index in [-0.39, 0.29) is 0 Å². The predicted molar refractivity (Wildman–Crippen MR) is 66.3 cm³/mol. The highest BCUT2D eigenvalue weighted by Crippen LogP contribution is 2.32. The molecule has 4 heteroatoms. The second-order valence-corrected chi connectivity index (χ2v) is 4.97. The smallest absolute Gasteiger partial charge is 0.229 e. The molecule has 0 fully saturated rings. The van der Waals surface area contributed by atoms with Crippen LogP contribution in [0.5, 0.6) is 0 Å². The van der Waals surface area contributed by atoms with E-state index in [1.165, 1.54) is 11.1 Å². The molecule has 4 nitrogen and oxygen atoms in total. The number of aliphatic hydroxyl groups is 1. The standard InChI is InChI=1S/C14H16N2O2/c1-9(17)6-13-15-14(16-18-13)12-7-10-4-2-3-5-11(10)8-12/h2-5,9,12,17H,6-8H2,1H3. The fourth-order valence-electron chi connectivity index (χ4n) is 2.51. The molecule has 3 rings (SSSR count). The first-order valence-corrected chi connectivity index (χ1v) is 6.29.